The van der Waals surface area contributed by atoms with Crippen LogP contribution in [0.1, 0.15) is 36.0 Å². The minimum Gasteiger partial charge on any atom is -0.508 e. The van der Waals surface area contributed by atoms with E-state index in [9.17, 15) is 24.6 Å². The monoisotopic (exact) mass is 619 g/mol. The molecule has 0 unspecified atom stereocenters. The van der Waals surface area contributed by atoms with Crippen molar-refractivity contribution in [2.24, 2.45) is 5.41 Å². The summed E-state index contributed by atoms with van der Waals surface area (Å²) in [6, 6.07) is 13.3. The summed E-state index contributed by atoms with van der Waals surface area (Å²) in [5.41, 5.74) is 1.36. The van der Waals surface area contributed by atoms with Crippen LogP contribution in [0.15, 0.2) is 54.6 Å². The predicted molar refractivity (Wildman–Crippen MR) is 158 cm³/mol. The molecular weight excluding hydrogens is 582 g/mol. The van der Waals surface area contributed by atoms with Crippen molar-refractivity contribution in [1.82, 2.24) is 15.3 Å². The normalized spacial score (nSPS) is 32.1. The fourth-order valence-corrected chi connectivity index (χ4v) is 7.58. The third kappa shape index (κ3) is 5.20. The molecule has 2 aromatic rings. The van der Waals surface area contributed by atoms with Crippen molar-refractivity contribution < 1.29 is 43.6 Å². The van der Waals surface area contributed by atoms with E-state index in [2.05, 4.69) is 5.32 Å². The van der Waals surface area contributed by atoms with E-state index < -0.39 is 47.9 Å². The summed E-state index contributed by atoms with van der Waals surface area (Å²) < 4.78 is 17.6. The van der Waals surface area contributed by atoms with Gasteiger partial charge in [0.05, 0.1) is 13.2 Å². The fraction of sp³-hybridized carbons (Fsp3) is 0.485. The standard InChI is InChI=1S/C33H37N3O9/c37-16-14-34-30(39)23-8-4-15-35(23)32(41)33-17-25-26-27(43-19-42-26)29(33)45-36(28(33)31(40)44-25)18-21-12-10-20(11-13-21)5-3-7-22-6-1-2-9-24(22)38/h1-3,5-6,9-13,23,25-29,37-38H,4,7-8,14-19H2,(H,34,39)/t23-,25-,26+,27+,28+,29-,33+/m1/s1. The Morgan fingerprint density at radius 3 is 2.69 bits per heavy atom. The van der Waals surface area contributed by atoms with Gasteiger partial charge in [-0.1, -0.05) is 54.6 Å². The van der Waals surface area contributed by atoms with E-state index in [1.807, 2.05) is 48.6 Å². The Labute approximate surface area is 260 Å². The van der Waals surface area contributed by atoms with Gasteiger partial charge in [0.1, 0.15) is 48.4 Å². The number of aromatic hydroxyl groups is 1. The molecule has 3 N–H and O–H groups in total. The first kappa shape index (κ1) is 29.9. The second-order valence-electron chi connectivity index (χ2n) is 12.3. The number of amides is 2. The minimum absolute atomic E-state index is 0.00690. The number of allylic oxidation sites excluding steroid dienone is 1. The molecule has 238 valence electrons. The van der Waals surface area contributed by atoms with Gasteiger partial charge in [0.25, 0.3) is 0 Å². The van der Waals surface area contributed by atoms with Gasteiger partial charge in [-0.05, 0) is 42.0 Å². The Bertz CT molecular complexity index is 1480. The molecule has 2 bridgehead atoms. The highest BCUT2D eigenvalue weighted by Crippen LogP contribution is 2.56. The van der Waals surface area contributed by atoms with Crippen molar-refractivity contribution in [2.75, 3.05) is 26.5 Å². The lowest BCUT2D eigenvalue weighted by atomic mass is 9.62. The smallest absolute Gasteiger partial charge is 0.327 e. The van der Waals surface area contributed by atoms with Crippen LogP contribution in [0.4, 0.5) is 0 Å². The zero-order chi connectivity index (χ0) is 31.1. The van der Waals surface area contributed by atoms with Gasteiger partial charge in [0, 0.05) is 19.5 Å². The van der Waals surface area contributed by atoms with E-state index in [0.717, 1.165) is 16.7 Å². The van der Waals surface area contributed by atoms with Gasteiger partial charge >= 0.3 is 5.97 Å². The molecule has 4 aliphatic heterocycles. The number of aliphatic hydroxyl groups is 1. The molecule has 1 saturated carbocycles. The van der Waals surface area contributed by atoms with Gasteiger partial charge in [-0.3, -0.25) is 19.2 Å². The number of para-hydroxylation sites is 1. The minimum atomic E-state index is -1.32. The number of phenolic OH excluding ortho intramolecular Hbond substituents is 1. The summed E-state index contributed by atoms with van der Waals surface area (Å²) in [6.07, 6.45) is 3.26. The number of fused-ring (bicyclic) bond motifs is 4. The van der Waals surface area contributed by atoms with Gasteiger partial charge in [0.15, 0.2) is 6.04 Å². The molecule has 0 radical (unpaired) electrons. The molecule has 12 heteroatoms. The fourth-order valence-electron chi connectivity index (χ4n) is 7.58. The van der Waals surface area contributed by atoms with Gasteiger partial charge in [0.2, 0.25) is 11.8 Å². The summed E-state index contributed by atoms with van der Waals surface area (Å²) >= 11 is 0. The van der Waals surface area contributed by atoms with E-state index in [-0.39, 0.29) is 50.5 Å². The molecule has 0 spiro atoms. The SMILES string of the molecule is O=C(NCCO)[C@H]1CCCN1C(=O)[C@@]12C[C@H]3OC(=O)[C@@H]1N(Cc1ccc(C=CCc4ccccc4O)cc1)O[C@@H]2[C@H]1OCO[C@H]13. The first-order valence-corrected chi connectivity index (χ1v) is 15.5. The first-order chi connectivity index (χ1) is 21.9. The predicted octanol–water partition coefficient (Wildman–Crippen LogP) is 1.29. The topological polar surface area (TPSA) is 147 Å². The molecule has 12 nitrogen and oxygen atoms in total. The summed E-state index contributed by atoms with van der Waals surface area (Å²) in [4.78, 5) is 49.4. The molecule has 4 saturated heterocycles. The van der Waals surface area contributed by atoms with Crippen LogP contribution in [0.2, 0.25) is 0 Å². The number of phenols is 1. The van der Waals surface area contributed by atoms with Crippen LogP contribution in [0, 0.1) is 5.41 Å². The maximum absolute atomic E-state index is 14.6. The maximum atomic E-state index is 14.6. The number of ether oxygens (including phenoxy) is 3. The lowest BCUT2D eigenvalue weighted by molar-refractivity contribution is -0.204. The van der Waals surface area contributed by atoms with Crippen molar-refractivity contribution in [1.29, 1.82) is 0 Å². The molecule has 7 rings (SSSR count). The molecule has 2 aromatic carbocycles. The Morgan fingerprint density at radius 2 is 1.89 bits per heavy atom. The first-order valence-electron chi connectivity index (χ1n) is 15.5. The third-order valence-electron chi connectivity index (χ3n) is 9.66. The Balaban J connectivity index is 1.13. The average molecular weight is 620 g/mol. The highest BCUT2D eigenvalue weighted by atomic mass is 16.8. The van der Waals surface area contributed by atoms with Crippen molar-refractivity contribution in [2.45, 2.75) is 68.7 Å². The number of carbonyl (C=O) groups is 3. The van der Waals surface area contributed by atoms with Crippen LogP contribution >= 0.6 is 0 Å². The van der Waals surface area contributed by atoms with Gasteiger partial charge < -0.3 is 34.6 Å². The van der Waals surface area contributed by atoms with Crippen molar-refractivity contribution in [3.63, 3.8) is 0 Å². The lowest BCUT2D eigenvalue weighted by Crippen LogP contribution is -2.70. The van der Waals surface area contributed by atoms with Crippen LogP contribution in [-0.4, -0.2) is 101 Å². The molecule has 5 fully saturated rings. The molecule has 1 aliphatic carbocycles. The lowest BCUT2D eigenvalue weighted by Gasteiger charge is -2.50. The number of nitrogens with one attached hydrogen (secondary N) is 1. The number of esters is 1. The second-order valence-corrected chi connectivity index (χ2v) is 12.3. The van der Waals surface area contributed by atoms with Gasteiger partial charge in [-0.15, -0.1) is 0 Å². The molecule has 4 heterocycles. The largest absolute Gasteiger partial charge is 0.508 e. The molecular formula is C33H37N3O9. The number of hydrogen-bond donors (Lipinski definition) is 3. The van der Waals surface area contributed by atoms with Crippen molar-refractivity contribution >= 4 is 23.9 Å². The molecule has 7 atom stereocenters. The van der Waals surface area contributed by atoms with Crippen LogP contribution in [0.5, 0.6) is 5.75 Å². The van der Waals surface area contributed by atoms with Crippen molar-refractivity contribution in [3.8, 4) is 5.75 Å². The van der Waals surface area contributed by atoms with Crippen LogP contribution < -0.4 is 5.32 Å². The molecule has 0 aromatic heterocycles. The van der Waals surface area contributed by atoms with E-state index in [0.29, 0.717) is 25.8 Å². The second kappa shape index (κ2) is 12.2. The number of hydrogen-bond acceptors (Lipinski definition) is 10. The van der Waals surface area contributed by atoms with E-state index in [1.165, 1.54) is 0 Å². The number of likely N-dealkylation sites (tertiary alicyclic amines) is 1. The average Bonchev–Trinajstić information content (AvgIpc) is 3.80. The number of rotatable bonds is 9. The number of aliphatic hydroxyl groups excluding tert-OH is 1. The quantitative estimate of drug-likeness (QED) is 0.351. The van der Waals surface area contributed by atoms with E-state index in [4.69, 9.17) is 19.0 Å². The number of nitrogens with zero attached hydrogens (tertiary/aromatic N) is 2. The van der Waals surface area contributed by atoms with Gasteiger partial charge in [-0.2, -0.15) is 5.06 Å². The maximum Gasteiger partial charge on any atom is 0.327 e. The summed E-state index contributed by atoms with van der Waals surface area (Å²) in [7, 11) is 0. The zero-order valence-corrected chi connectivity index (χ0v) is 24.7. The molecule has 45 heavy (non-hydrogen) atoms. The Morgan fingerprint density at radius 1 is 1.09 bits per heavy atom. The zero-order valence-electron chi connectivity index (χ0n) is 24.7. The third-order valence-corrected chi connectivity index (χ3v) is 9.66. The summed E-state index contributed by atoms with van der Waals surface area (Å²) in [6.45, 7) is 0.497. The highest BCUT2D eigenvalue weighted by Gasteiger charge is 2.75. The number of hydroxylamine groups is 2. The van der Waals surface area contributed by atoms with Crippen LogP contribution in [-0.2, 0) is 46.4 Å². The Kier molecular flexibility index (Phi) is 8.09. The number of carbonyl (C=O) groups excluding carboxylic acids is 3. The summed E-state index contributed by atoms with van der Waals surface area (Å²) in [5.74, 6) is -0.934. The highest BCUT2D eigenvalue weighted by molar-refractivity contribution is 5.96. The molecule has 5 aliphatic rings. The summed E-state index contributed by atoms with van der Waals surface area (Å²) in [5, 5.41) is 23.4. The van der Waals surface area contributed by atoms with Gasteiger partial charge in [-0.25, -0.2) is 0 Å². The van der Waals surface area contributed by atoms with Crippen molar-refractivity contribution in [3.05, 3.63) is 71.3 Å². The molecule has 2 amide bonds. The van der Waals surface area contributed by atoms with E-state index >= 15 is 0 Å². The Hall–Kier alpha value is -3.81. The van der Waals surface area contributed by atoms with Crippen LogP contribution in [0.3, 0.4) is 0 Å². The van der Waals surface area contributed by atoms with E-state index in [1.54, 1.807) is 22.1 Å². The van der Waals surface area contributed by atoms with Crippen LogP contribution in [0.25, 0.3) is 6.08 Å². The number of benzene rings is 2.